The first-order chi connectivity index (χ1) is 8.84. The van der Waals surface area contributed by atoms with Crippen molar-refractivity contribution in [3.63, 3.8) is 0 Å². The van der Waals surface area contributed by atoms with Gasteiger partial charge < -0.3 is 9.13 Å². The Morgan fingerprint density at radius 3 is 2.39 bits per heavy atom. The summed E-state index contributed by atoms with van der Waals surface area (Å²) in [7, 11) is 1.98. The zero-order valence-electron chi connectivity index (χ0n) is 10.2. The maximum atomic E-state index is 4.40. The van der Waals surface area contributed by atoms with E-state index in [2.05, 4.69) is 26.7 Å². The largest absolute Gasteiger partial charge is 0.331 e. The summed E-state index contributed by atoms with van der Waals surface area (Å²) >= 11 is 0. The van der Waals surface area contributed by atoms with Crippen molar-refractivity contribution < 1.29 is 0 Å². The van der Waals surface area contributed by atoms with Crippen molar-refractivity contribution in [2.75, 3.05) is 0 Å². The molecule has 0 aliphatic carbocycles. The Bertz CT molecular complexity index is 637. The van der Waals surface area contributed by atoms with Gasteiger partial charge in [-0.25, -0.2) is 9.97 Å². The highest BCUT2D eigenvalue weighted by atomic mass is 15.1. The van der Waals surface area contributed by atoms with Gasteiger partial charge >= 0.3 is 0 Å². The van der Waals surface area contributed by atoms with Crippen molar-refractivity contribution in [1.29, 1.82) is 0 Å². The van der Waals surface area contributed by atoms with E-state index in [1.165, 1.54) is 5.56 Å². The van der Waals surface area contributed by atoms with E-state index in [0.29, 0.717) is 0 Å². The molecule has 0 aliphatic heterocycles. The minimum Gasteiger partial charge on any atom is -0.331 e. The van der Waals surface area contributed by atoms with Gasteiger partial charge in [-0.05, 0) is 5.56 Å². The Morgan fingerprint density at radius 2 is 1.67 bits per heavy atom. The highest BCUT2D eigenvalue weighted by Crippen LogP contribution is 2.15. The Kier molecular flexibility index (Phi) is 2.68. The van der Waals surface area contributed by atoms with E-state index in [1.807, 2.05) is 48.4 Å². The topological polar surface area (TPSA) is 35.6 Å². The number of hydrogen-bond donors (Lipinski definition) is 0. The zero-order chi connectivity index (χ0) is 12.4. The van der Waals surface area contributed by atoms with Crippen LogP contribution in [0, 0.1) is 0 Å². The van der Waals surface area contributed by atoms with E-state index in [0.717, 1.165) is 18.2 Å². The number of benzene rings is 1. The maximum absolute atomic E-state index is 4.40. The summed E-state index contributed by atoms with van der Waals surface area (Å²) in [5, 5.41) is 0. The summed E-state index contributed by atoms with van der Waals surface area (Å²) in [5.74, 6) is 1.78. The third-order valence-corrected chi connectivity index (χ3v) is 2.93. The van der Waals surface area contributed by atoms with Gasteiger partial charge in [-0.3, -0.25) is 0 Å². The van der Waals surface area contributed by atoms with Crippen LogP contribution in [0.3, 0.4) is 0 Å². The van der Waals surface area contributed by atoms with E-state index in [4.69, 9.17) is 0 Å². The van der Waals surface area contributed by atoms with Gasteiger partial charge in [0, 0.05) is 38.4 Å². The van der Waals surface area contributed by atoms with Crippen molar-refractivity contribution >= 4 is 0 Å². The molecule has 0 bridgehead atoms. The molecule has 0 spiro atoms. The van der Waals surface area contributed by atoms with E-state index in [-0.39, 0.29) is 0 Å². The van der Waals surface area contributed by atoms with Crippen LogP contribution in [0.2, 0.25) is 0 Å². The lowest BCUT2D eigenvalue weighted by molar-refractivity contribution is 0.786. The van der Waals surface area contributed by atoms with Gasteiger partial charge in [-0.15, -0.1) is 0 Å². The van der Waals surface area contributed by atoms with Gasteiger partial charge in [-0.2, -0.15) is 0 Å². The van der Waals surface area contributed by atoms with Crippen molar-refractivity contribution in [1.82, 2.24) is 19.1 Å². The molecule has 3 aromatic rings. The van der Waals surface area contributed by atoms with Crippen LogP contribution >= 0.6 is 0 Å². The SMILES string of the molecule is Cn1ccnc1-c1nccn1Cc1ccccc1. The Balaban J connectivity index is 1.96. The minimum absolute atomic E-state index is 0.809. The van der Waals surface area contributed by atoms with Crippen molar-refractivity contribution in [2.24, 2.45) is 7.05 Å². The van der Waals surface area contributed by atoms with Crippen LogP contribution in [-0.2, 0) is 13.6 Å². The monoisotopic (exact) mass is 238 g/mol. The summed E-state index contributed by atoms with van der Waals surface area (Å²) < 4.78 is 4.08. The molecular formula is C14H14N4. The second-order valence-corrected chi connectivity index (χ2v) is 4.23. The van der Waals surface area contributed by atoms with E-state index in [9.17, 15) is 0 Å². The quantitative estimate of drug-likeness (QED) is 0.702. The lowest BCUT2D eigenvalue weighted by Crippen LogP contribution is -2.04. The molecule has 0 amide bonds. The molecule has 4 heteroatoms. The Hall–Kier alpha value is -2.36. The smallest absolute Gasteiger partial charge is 0.176 e. The summed E-state index contributed by atoms with van der Waals surface area (Å²) in [4.78, 5) is 8.74. The number of rotatable bonds is 3. The second-order valence-electron chi connectivity index (χ2n) is 4.23. The number of nitrogens with zero attached hydrogens (tertiary/aromatic N) is 4. The standard InChI is InChI=1S/C14H14N4/c1-17-9-7-15-13(17)14-16-8-10-18(14)11-12-5-3-2-4-6-12/h2-10H,11H2,1H3. The molecule has 0 fully saturated rings. The van der Waals surface area contributed by atoms with Crippen molar-refractivity contribution in [2.45, 2.75) is 6.54 Å². The normalized spacial score (nSPS) is 10.7. The average Bonchev–Trinajstić information content (AvgIpc) is 2.99. The number of aromatic nitrogens is 4. The molecule has 0 radical (unpaired) electrons. The molecular weight excluding hydrogens is 224 g/mol. The summed E-state index contributed by atoms with van der Waals surface area (Å²) in [6.07, 6.45) is 7.51. The molecule has 0 unspecified atom stereocenters. The van der Waals surface area contributed by atoms with E-state index in [1.54, 1.807) is 6.20 Å². The fraction of sp³-hybridized carbons (Fsp3) is 0.143. The highest BCUT2D eigenvalue weighted by molar-refractivity contribution is 5.44. The fourth-order valence-corrected chi connectivity index (χ4v) is 2.00. The molecule has 0 atom stereocenters. The first kappa shape index (κ1) is 10.8. The van der Waals surface area contributed by atoms with Crippen LogP contribution in [0.4, 0.5) is 0 Å². The minimum atomic E-state index is 0.809. The number of hydrogen-bond acceptors (Lipinski definition) is 2. The lowest BCUT2D eigenvalue weighted by Gasteiger charge is -2.07. The molecule has 0 saturated carbocycles. The van der Waals surface area contributed by atoms with Gasteiger partial charge in [0.05, 0.1) is 0 Å². The molecule has 4 nitrogen and oxygen atoms in total. The van der Waals surface area contributed by atoms with Crippen LogP contribution in [0.25, 0.3) is 11.6 Å². The fourth-order valence-electron chi connectivity index (χ4n) is 2.00. The van der Waals surface area contributed by atoms with Crippen LogP contribution in [-0.4, -0.2) is 19.1 Å². The van der Waals surface area contributed by atoms with Crippen LogP contribution in [0.15, 0.2) is 55.1 Å². The molecule has 0 N–H and O–H groups in total. The Labute approximate surface area is 106 Å². The van der Waals surface area contributed by atoms with Crippen molar-refractivity contribution in [3.05, 3.63) is 60.7 Å². The molecule has 1 aromatic carbocycles. The molecule has 18 heavy (non-hydrogen) atoms. The maximum Gasteiger partial charge on any atom is 0.176 e. The van der Waals surface area contributed by atoms with Crippen LogP contribution in [0.5, 0.6) is 0 Å². The van der Waals surface area contributed by atoms with Gasteiger partial charge in [0.2, 0.25) is 0 Å². The van der Waals surface area contributed by atoms with Gasteiger partial charge in [0.1, 0.15) is 0 Å². The zero-order valence-corrected chi connectivity index (χ0v) is 10.2. The van der Waals surface area contributed by atoms with E-state index >= 15 is 0 Å². The predicted molar refractivity (Wildman–Crippen MR) is 70.0 cm³/mol. The molecule has 2 aromatic heterocycles. The third-order valence-electron chi connectivity index (χ3n) is 2.93. The molecule has 0 aliphatic rings. The van der Waals surface area contributed by atoms with Crippen LogP contribution < -0.4 is 0 Å². The Morgan fingerprint density at radius 1 is 0.944 bits per heavy atom. The average molecular weight is 238 g/mol. The van der Waals surface area contributed by atoms with Gasteiger partial charge in [-0.1, -0.05) is 30.3 Å². The van der Waals surface area contributed by atoms with Crippen molar-refractivity contribution in [3.8, 4) is 11.6 Å². The molecule has 3 rings (SSSR count). The first-order valence-electron chi connectivity index (χ1n) is 5.87. The van der Waals surface area contributed by atoms with Gasteiger partial charge in [0.15, 0.2) is 11.6 Å². The molecule has 0 saturated heterocycles. The summed E-state index contributed by atoms with van der Waals surface area (Å²) in [5.41, 5.74) is 1.26. The number of aryl methyl sites for hydroxylation is 1. The molecule has 2 heterocycles. The lowest BCUT2D eigenvalue weighted by atomic mass is 10.2. The summed E-state index contributed by atoms with van der Waals surface area (Å²) in [6.45, 7) is 0.809. The van der Waals surface area contributed by atoms with Crippen LogP contribution in [0.1, 0.15) is 5.56 Å². The predicted octanol–water partition coefficient (Wildman–Crippen LogP) is 2.33. The second kappa shape index (κ2) is 4.49. The highest BCUT2D eigenvalue weighted by Gasteiger charge is 2.10. The van der Waals surface area contributed by atoms with E-state index < -0.39 is 0 Å². The third kappa shape index (κ3) is 1.93. The number of imidazole rings is 2. The van der Waals surface area contributed by atoms with Gasteiger partial charge in [0.25, 0.3) is 0 Å². The summed E-state index contributed by atoms with van der Waals surface area (Å²) in [6, 6.07) is 10.3. The molecule has 90 valence electrons. The first-order valence-corrected chi connectivity index (χ1v) is 5.87.